The van der Waals surface area contributed by atoms with Gasteiger partial charge in [0.1, 0.15) is 11.5 Å². The number of hydrogen-bond donors (Lipinski definition) is 2. The summed E-state index contributed by atoms with van der Waals surface area (Å²) in [4.78, 5) is 0. The van der Waals surface area contributed by atoms with Crippen molar-refractivity contribution < 1.29 is 10.2 Å². The molecule has 0 spiro atoms. The van der Waals surface area contributed by atoms with E-state index in [2.05, 4.69) is 0 Å². The molecule has 0 fully saturated rings. The molecule has 114 valence electrons. The lowest BCUT2D eigenvalue weighted by atomic mass is 9.95. The van der Waals surface area contributed by atoms with Crippen LogP contribution in [-0.4, -0.2) is 10.2 Å². The van der Waals surface area contributed by atoms with Crippen molar-refractivity contribution in [1.82, 2.24) is 0 Å². The van der Waals surface area contributed by atoms with E-state index >= 15 is 0 Å². The Hall–Kier alpha value is -3.26. The van der Waals surface area contributed by atoms with Gasteiger partial charge in [-0.3, -0.25) is 0 Å². The van der Waals surface area contributed by atoms with Crippen LogP contribution in [0.1, 0.15) is 0 Å². The summed E-state index contributed by atoms with van der Waals surface area (Å²) in [7, 11) is 0. The Morgan fingerprint density at radius 2 is 0.667 bits per heavy atom. The molecule has 0 radical (unpaired) electrons. The maximum Gasteiger partial charge on any atom is 0.131 e. The predicted octanol–water partition coefficient (Wildman–Crippen LogP) is 5.71. The van der Waals surface area contributed by atoms with Crippen LogP contribution in [0.5, 0.6) is 11.5 Å². The van der Waals surface area contributed by atoms with Gasteiger partial charge in [0.25, 0.3) is 0 Å². The Morgan fingerprint density at radius 1 is 0.417 bits per heavy atom. The SMILES string of the molecule is Oc1c2cc3ccccc3cc2c(O)c2cc3ccccc3cc12. The molecule has 0 aliphatic carbocycles. The molecule has 0 saturated heterocycles. The molecule has 0 unspecified atom stereocenters. The molecule has 0 aliphatic heterocycles. The predicted molar refractivity (Wildman–Crippen MR) is 99.8 cm³/mol. The maximum atomic E-state index is 10.8. The Morgan fingerprint density at radius 3 is 0.917 bits per heavy atom. The van der Waals surface area contributed by atoms with Crippen molar-refractivity contribution >= 4 is 43.1 Å². The van der Waals surface area contributed by atoms with Crippen molar-refractivity contribution in [1.29, 1.82) is 0 Å². The van der Waals surface area contributed by atoms with Crippen molar-refractivity contribution in [3.63, 3.8) is 0 Å². The second kappa shape index (κ2) is 4.62. The van der Waals surface area contributed by atoms with Crippen LogP contribution >= 0.6 is 0 Å². The Bertz CT molecular complexity index is 1070. The van der Waals surface area contributed by atoms with Gasteiger partial charge in [-0.2, -0.15) is 0 Å². The summed E-state index contributed by atoms with van der Waals surface area (Å²) in [6.45, 7) is 0. The first kappa shape index (κ1) is 13.2. The number of hydrogen-bond acceptors (Lipinski definition) is 2. The molecular weight excluding hydrogens is 296 g/mol. The number of aromatic hydroxyl groups is 2. The molecule has 0 aliphatic rings. The van der Waals surface area contributed by atoms with Crippen molar-refractivity contribution in [2.24, 2.45) is 0 Å². The standard InChI is InChI=1S/C22H14O2/c23-21-17-9-13-5-1-2-6-14(13)10-18(17)22(24)20-12-16-8-4-3-7-15(16)11-19(20)21/h1-12,23-24H. The highest BCUT2D eigenvalue weighted by molar-refractivity contribution is 6.16. The summed E-state index contributed by atoms with van der Waals surface area (Å²) in [5.74, 6) is 0.434. The average molecular weight is 310 g/mol. The zero-order valence-electron chi connectivity index (χ0n) is 12.8. The van der Waals surface area contributed by atoms with Gasteiger partial charge >= 0.3 is 0 Å². The van der Waals surface area contributed by atoms with Gasteiger partial charge in [-0.25, -0.2) is 0 Å². The van der Waals surface area contributed by atoms with Gasteiger partial charge in [0.2, 0.25) is 0 Å². The molecule has 0 aromatic heterocycles. The summed E-state index contributed by atoms with van der Waals surface area (Å²) in [6, 6.07) is 23.7. The number of rotatable bonds is 0. The second-order valence-corrected chi connectivity index (χ2v) is 6.19. The average Bonchev–Trinajstić information content (AvgIpc) is 2.64. The van der Waals surface area contributed by atoms with Crippen LogP contribution in [0.15, 0.2) is 72.8 Å². The summed E-state index contributed by atoms with van der Waals surface area (Å²) in [5.41, 5.74) is 0. The summed E-state index contributed by atoms with van der Waals surface area (Å²) < 4.78 is 0. The van der Waals surface area contributed by atoms with Gasteiger partial charge in [-0.05, 0) is 45.8 Å². The smallest absolute Gasteiger partial charge is 0.131 e. The molecule has 5 aromatic rings. The topological polar surface area (TPSA) is 40.5 Å². The van der Waals surface area contributed by atoms with Crippen molar-refractivity contribution in [2.45, 2.75) is 0 Å². The lowest BCUT2D eigenvalue weighted by Gasteiger charge is -2.12. The minimum Gasteiger partial charge on any atom is -0.507 e. The Labute approximate surface area is 138 Å². The minimum atomic E-state index is 0.217. The number of phenols is 2. The highest BCUT2D eigenvalue weighted by Crippen LogP contribution is 2.44. The van der Waals surface area contributed by atoms with Crippen LogP contribution in [0.2, 0.25) is 0 Å². The van der Waals surface area contributed by atoms with Crippen LogP contribution in [0.4, 0.5) is 0 Å². The van der Waals surface area contributed by atoms with Gasteiger partial charge in [-0.1, -0.05) is 48.5 Å². The zero-order chi connectivity index (χ0) is 16.3. The van der Waals surface area contributed by atoms with Gasteiger partial charge < -0.3 is 10.2 Å². The molecule has 5 aromatic carbocycles. The van der Waals surface area contributed by atoms with Crippen LogP contribution in [-0.2, 0) is 0 Å². The van der Waals surface area contributed by atoms with E-state index in [4.69, 9.17) is 0 Å². The van der Waals surface area contributed by atoms with Gasteiger partial charge in [0.15, 0.2) is 0 Å². The molecule has 0 heterocycles. The number of benzene rings is 5. The quantitative estimate of drug-likeness (QED) is 0.284. The first-order valence-corrected chi connectivity index (χ1v) is 7.91. The van der Waals surface area contributed by atoms with E-state index in [0.29, 0.717) is 21.5 Å². The Kier molecular flexibility index (Phi) is 2.54. The number of fused-ring (bicyclic) bond motifs is 4. The minimum absolute atomic E-state index is 0.217. The van der Waals surface area contributed by atoms with Gasteiger partial charge in [0.05, 0.1) is 0 Å². The highest BCUT2D eigenvalue weighted by Gasteiger charge is 2.14. The van der Waals surface area contributed by atoms with Crippen molar-refractivity contribution in [2.75, 3.05) is 0 Å². The van der Waals surface area contributed by atoms with E-state index < -0.39 is 0 Å². The molecule has 0 bridgehead atoms. The summed E-state index contributed by atoms with van der Waals surface area (Å²) >= 11 is 0. The van der Waals surface area contributed by atoms with Crippen LogP contribution in [0.25, 0.3) is 43.1 Å². The fraction of sp³-hybridized carbons (Fsp3) is 0. The first-order chi connectivity index (χ1) is 11.7. The maximum absolute atomic E-state index is 10.8. The van der Waals surface area contributed by atoms with Gasteiger partial charge in [-0.15, -0.1) is 0 Å². The van der Waals surface area contributed by atoms with Crippen molar-refractivity contribution in [3.8, 4) is 11.5 Å². The lowest BCUT2D eigenvalue weighted by molar-refractivity contribution is 0.478. The van der Waals surface area contributed by atoms with Crippen molar-refractivity contribution in [3.05, 3.63) is 72.8 Å². The molecule has 2 heteroatoms. The molecule has 5 rings (SSSR count). The summed E-state index contributed by atoms with van der Waals surface area (Å²) in [6.07, 6.45) is 0. The monoisotopic (exact) mass is 310 g/mol. The molecule has 2 nitrogen and oxygen atoms in total. The third-order valence-electron chi connectivity index (χ3n) is 4.79. The first-order valence-electron chi connectivity index (χ1n) is 7.91. The number of phenolic OH excluding ortho intramolecular Hbond substituents is 2. The third-order valence-corrected chi connectivity index (χ3v) is 4.79. The second-order valence-electron chi connectivity index (χ2n) is 6.19. The van der Waals surface area contributed by atoms with Crippen LogP contribution in [0.3, 0.4) is 0 Å². The van der Waals surface area contributed by atoms with Gasteiger partial charge in [0, 0.05) is 21.5 Å². The molecule has 0 amide bonds. The third kappa shape index (κ3) is 1.71. The Balaban J connectivity index is 2.04. The van der Waals surface area contributed by atoms with E-state index in [-0.39, 0.29) is 11.5 Å². The normalized spacial score (nSPS) is 11.7. The zero-order valence-corrected chi connectivity index (χ0v) is 12.8. The molecule has 24 heavy (non-hydrogen) atoms. The summed E-state index contributed by atoms with van der Waals surface area (Å²) in [5, 5.41) is 28.6. The van der Waals surface area contributed by atoms with E-state index in [9.17, 15) is 10.2 Å². The van der Waals surface area contributed by atoms with E-state index in [0.717, 1.165) is 21.5 Å². The highest BCUT2D eigenvalue weighted by atomic mass is 16.3. The lowest BCUT2D eigenvalue weighted by Crippen LogP contribution is -1.84. The molecule has 0 atom stereocenters. The molecule has 2 N–H and O–H groups in total. The molecule has 0 saturated carbocycles. The van der Waals surface area contributed by atoms with Crippen LogP contribution < -0.4 is 0 Å². The fourth-order valence-corrected chi connectivity index (χ4v) is 3.55. The fourth-order valence-electron chi connectivity index (χ4n) is 3.55. The van der Waals surface area contributed by atoms with Crippen LogP contribution in [0, 0.1) is 0 Å². The van der Waals surface area contributed by atoms with E-state index in [1.165, 1.54) is 0 Å². The van der Waals surface area contributed by atoms with E-state index in [1.807, 2.05) is 72.8 Å². The van der Waals surface area contributed by atoms with E-state index in [1.54, 1.807) is 0 Å². The largest absolute Gasteiger partial charge is 0.507 e. The molecular formula is C22H14O2.